The van der Waals surface area contributed by atoms with Crippen molar-refractivity contribution in [2.75, 3.05) is 6.54 Å². The Morgan fingerprint density at radius 1 is 0.920 bits per heavy atom. The molecule has 3 heteroatoms. The van der Waals surface area contributed by atoms with Crippen LogP contribution in [0.15, 0.2) is 78.2 Å². The summed E-state index contributed by atoms with van der Waals surface area (Å²) in [6.45, 7) is 2.74. The second-order valence-electron chi connectivity index (χ2n) is 6.08. The van der Waals surface area contributed by atoms with Crippen molar-refractivity contribution in [3.05, 3.63) is 94.2 Å². The molecule has 0 aliphatic rings. The molecule has 0 atom stereocenters. The molecule has 0 saturated carbocycles. The van der Waals surface area contributed by atoms with Gasteiger partial charge < -0.3 is 5.32 Å². The average Bonchev–Trinajstić information content (AvgIpc) is 3.18. The van der Waals surface area contributed by atoms with Gasteiger partial charge in [0.2, 0.25) is 5.91 Å². The molecule has 0 fully saturated rings. The molecular weight excluding hydrogens is 326 g/mol. The molecule has 0 bridgehead atoms. The fraction of sp³-hybridized carbons (Fsp3) is 0.227. The Morgan fingerprint density at radius 2 is 1.52 bits per heavy atom. The summed E-state index contributed by atoms with van der Waals surface area (Å²) in [6.07, 6.45) is 1.58. The summed E-state index contributed by atoms with van der Waals surface area (Å²) in [6, 6.07) is 24.3. The minimum atomic E-state index is -0.655. The summed E-state index contributed by atoms with van der Waals surface area (Å²) in [5.41, 5.74) is 1.42. The van der Waals surface area contributed by atoms with Crippen molar-refractivity contribution >= 4 is 17.2 Å². The van der Waals surface area contributed by atoms with E-state index in [0.717, 1.165) is 17.5 Å². The number of amides is 1. The number of carbonyl (C=O) groups is 1. The molecule has 128 valence electrons. The van der Waals surface area contributed by atoms with Gasteiger partial charge in [-0.1, -0.05) is 73.7 Å². The zero-order valence-electron chi connectivity index (χ0n) is 14.4. The minimum Gasteiger partial charge on any atom is -0.355 e. The fourth-order valence-electron chi connectivity index (χ4n) is 3.35. The summed E-state index contributed by atoms with van der Waals surface area (Å²) in [5, 5.41) is 5.25. The highest BCUT2D eigenvalue weighted by Crippen LogP contribution is 2.36. The molecule has 0 aliphatic heterocycles. The Morgan fingerprint density at radius 3 is 2.00 bits per heavy atom. The van der Waals surface area contributed by atoms with Crippen LogP contribution >= 0.6 is 11.3 Å². The maximum absolute atomic E-state index is 13.3. The molecule has 0 saturated heterocycles. The Balaban J connectivity index is 1.89. The van der Waals surface area contributed by atoms with E-state index in [9.17, 15) is 4.79 Å². The molecule has 1 heterocycles. The second-order valence-corrected chi connectivity index (χ2v) is 7.11. The second kappa shape index (κ2) is 8.13. The fourth-order valence-corrected chi connectivity index (χ4v) is 4.06. The summed E-state index contributed by atoms with van der Waals surface area (Å²) in [7, 11) is 0. The lowest BCUT2D eigenvalue weighted by Gasteiger charge is -2.32. The Labute approximate surface area is 153 Å². The number of nitrogens with one attached hydrogen (secondary N) is 1. The maximum Gasteiger partial charge on any atom is 0.235 e. The minimum absolute atomic E-state index is 0.0731. The molecule has 1 amide bonds. The first-order valence-corrected chi connectivity index (χ1v) is 9.57. The van der Waals surface area contributed by atoms with Gasteiger partial charge in [0.05, 0.1) is 5.41 Å². The topological polar surface area (TPSA) is 29.1 Å². The van der Waals surface area contributed by atoms with Crippen LogP contribution in [-0.4, -0.2) is 12.5 Å². The summed E-state index contributed by atoms with van der Waals surface area (Å²) in [5.74, 6) is 0.0731. The van der Waals surface area contributed by atoms with Crippen LogP contribution in [0, 0.1) is 0 Å². The number of thiophene rings is 1. The van der Waals surface area contributed by atoms with Gasteiger partial charge in [0.15, 0.2) is 0 Å². The summed E-state index contributed by atoms with van der Waals surface area (Å²) >= 11 is 1.73. The normalized spacial score (nSPS) is 11.2. The van der Waals surface area contributed by atoms with Crippen LogP contribution < -0.4 is 5.32 Å². The molecule has 0 spiro atoms. The molecule has 0 unspecified atom stereocenters. The van der Waals surface area contributed by atoms with Gasteiger partial charge in [0, 0.05) is 11.4 Å². The summed E-state index contributed by atoms with van der Waals surface area (Å²) < 4.78 is 0. The SMILES string of the molecule is CCC(C(=O)NCCc1cccs1)(c1ccccc1)c1ccccc1. The van der Waals surface area contributed by atoms with Gasteiger partial charge in [-0.25, -0.2) is 0 Å². The number of rotatable bonds is 7. The van der Waals surface area contributed by atoms with Gasteiger partial charge in [-0.15, -0.1) is 11.3 Å². The summed E-state index contributed by atoms with van der Waals surface area (Å²) in [4.78, 5) is 14.6. The van der Waals surface area contributed by atoms with Gasteiger partial charge in [0.25, 0.3) is 0 Å². The molecule has 1 N–H and O–H groups in total. The van der Waals surface area contributed by atoms with Gasteiger partial charge >= 0.3 is 0 Å². The molecule has 0 aliphatic carbocycles. The molecule has 3 rings (SSSR count). The zero-order valence-corrected chi connectivity index (χ0v) is 15.3. The van der Waals surface area contributed by atoms with Crippen molar-refractivity contribution < 1.29 is 4.79 Å². The van der Waals surface area contributed by atoms with Gasteiger partial charge in [-0.3, -0.25) is 4.79 Å². The lowest BCUT2D eigenvalue weighted by atomic mass is 9.71. The number of benzene rings is 2. The molecule has 3 aromatic rings. The van der Waals surface area contributed by atoms with E-state index in [-0.39, 0.29) is 5.91 Å². The van der Waals surface area contributed by atoms with E-state index in [1.54, 1.807) is 11.3 Å². The van der Waals surface area contributed by atoms with E-state index >= 15 is 0 Å². The van der Waals surface area contributed by atoms with Crippen LogP contribution in [0.1, 0.15) is 29.3 Å². The molecular formula is C22H23NOS. The molecule has 1 aromatic heterocycles. The van der Waals surface area contributed by atoms with E-state index in [1.165, 1.54) is 4.88 Å². The van der Waals surface area contributed by atoms with Crippen molar-refractivity contribution in [1.29, 1.82) is 0 Å². The van der Waals surface area contributed by atoms with Crippen molar-refractivity contribution in [3.63, 3.8) is 0 Å². The monoisotopic (exact) mass is 349 g/mol. The largest absolute Gasteiger partial charge is 0.355 e. The van der Waals surface area contributed by atoms with E-state index < -0.39 is 5.41 Å². The first-order valence-electron chi connectivity index (χ1n) is 8.69. The van der Waals surface area contributed by atoms with E-state index in [4.69, 9.17) is 0 Å². The van der Waals surface area contributed by atoms with Crippen LogP contribution in [0.4, 0.5) is 0 Å². The van der Waals surface area contributed by atoms with Gasteiger partial charge in [-0.05, 0) is 35.4 Å². The van der Waals surface area contributed by atoms with Gasteiger partial charge in [-0.2, -0.15) is 0 Å². The van der Waals surface area contributed by atoms with Crippen LogP contribution in [-0.2, 0) is 16.6 Å². The van der Waals surface area contributed by atoms with Crippen LogP contribution in [0.2, 0.25) is 0 Å². The first-order chi connectivity index (χ1) is 12.3. The Kier molecular flexibility index (Phi) is 5.67. The molecule has 2 aromatic carbocycles. The van der Waals surface area contributed by atoms with E-state index in [0.29, 0.717) is 13.0 Å². The average molecular weight is 349 g/mol. The van der Waals surface area contributed by atoms with Crippen molar-refractivity contribution in [3.8, 4) is 0 Å². The Bertz CT molecular complexity index is 742. The molecule has 0 radical (unpaired) electrons. The predicted molar refractivity (Wildman–Crippen MR) is 105 cm³/mol. The molecule has 2 nitrogen and oxygen atoms in total. The van der Waals surface area contributed by atoms with Crippen LogP contribution in [0.5, 0.6) is 0 Å². The third-order valence-electron chi connectivity index (χ3n) is 4.69. The highest BCUT2D eigenvalue weighted by atomic mass is 32.1. The maximum atomic E-state index is 13.3. The van der Waals surface area contributed by atoms with Crippen LogP contribution in [0.25, 0.3) is 0 Å². The quantitative estimate of drug-likeness (QED) is 0.652. The molecule has 25 heavy (non-hydrogen) atoms. The number of carbonyl (C=O) groups excluding carboxylic acids is 1. The van der Waals surface area contributed by atoms with Crippen molar-refractivity contribution in [2.45, 2.75) is 25.2 Å². The Hall–Kier alpha value is -2.39. The number of hydrogen-bond donors (Lipinski definition) is 1. The highest BCUT2D eigenvalue weighted by Gasteiger charge is 2.39. The third kappa shape index (κ3) is 3.67. The number of hydrogen-bond acceptors (Lipinski definition) is 2. The van der Waals surface area contributed by atoms with Crippen LogP contribution in [0.3, 0.4) is 0 Å². The highest BCUT2D eigenvalue weighted by molar-refractivity contribution is 7.09. The first kappa shape index (κ1) is 17.4. The lowest BCUT2D eigenvalue weighted by Crippen LogP contribution is -2.45. The van der Waals surface area contributed by atoms with Gasteiger partial charge in [0.1, 0.15) is 0 Å². The van der Waals surface area contributed by atoms with Crippen molar-refractivity contribution in [1.82, 2.24) is 5.32 Å². The van der Waals surface area contributed by atoms with E-state index in [2.05, 4.69) is 48.0 Å². The smallest absolute Gasteiger partial charge is 0.235 e. The lowest BCUT2D eigenvalue weighted by molar-refractivity contribution is -0.125. The standard InChI is InChI=1S/C22H23NOS/c1-2-22(18-10-5-3-6-11-18,19-12-7-4-8-13-19)21(24)23-16-15-20-14-9-17-25-20/h3-14,17H,2,15-16H2,1H3,(H,23,24). The zero-order chi connectivity index (χ0) is 17.5. The van der Waals surface area contributed by atoms with Crippen molar-refractivity contribution in [2.24, 2.45) is 0 Å². The van der Waals surface area contributed by atoms with E-state index in [1.807, 2.05) is 42.5 Å². The third-order valence-corrected chi connectivity index (χ3v) is 5.62. The predicted octanol–water partition coefficient (Wildman–Crippen LogP) is 4.80.